The Morgan fingerprint density at radius 1 is 1.09 bits per heavy atom. The second-order valence-electron chi connectivity index (χ2n) is 8.34. The van der Waals surface area contributed by atoms with Gasteiger partial charge in [-0.05, 0) is 31.0 Å². The van der Waals surface area contributed by atoms with Crippen LogP contribution in [-0.2, 0) is 6.42 Å². The van der Waals surface area contributed by atoms with Crippen molar-refractivity contribution in [1.29, 1.82) is 0 Å². The molecule has 2 aromatic carbocycles. The van der Waals surface area contributed by atoms with E-state index >= 15 is 8.78 Å². The number of para-hydroxylation sites is 1. The van der Waals surface area contributed by atoms with E-state index in [1.165, 1.54) is 0 Å². The summed E-state index contributed by atoms with van der Waals surface area (Å²) in [5.74, 6) is -4.88. The van der Waals surface area contributed by atoms with Gasteiger partial charge in [0.1, 0.15) is 6.61 Å². The summed E-state index contributed by atoms with van der Waals surface area (Å²) in [6, 6.07) is 5.95. The molecule has 1 atom stereocenters. The first-order valence-electron chi connectivity index (χ1n) is 11.2. The second-order valence-corrected chi connectivity index (χ2v) is 8.34. The number of H-pyrrole nitrogens is 1. The zero-order chi connectivity index (χ0) is 25.2. The first-order valence-corrected chi connectivity index (χ1v) is 11.2. The fraction of sp³-hybridized carbons (Fsp3) is 0.417. The fourth-order valence-electron chi connectivity index (χ4n) is 4.51. The van der Waals surface area contributed by atoms with Crippen molar-refractivity contribution < 1.29 is 35.5 Å². The number of benzene rings is 2. The van der Waals surface area contributed by atoms with Crippen molar-refractivity contribution in [1.82, 2.24) is 15.2 Å². The van der Waals surface area contributed by atoms with E-state index in [-0.39, 0.29) is 38.2 Å². The molecular weight excluding hydrogens is 479 g/mol. The Hall–Kier alpha value is -2.79. The van der Waals surface area contributed by atoms with E-state index in [4.69, 9.17) is 4.74 Å². The minimum absolute atomic E-state index is 0.136. The largest absolute Gasteiger partial charge is 0.489 e. The van der Waals surface area contributed by atoms with E-state index < -0.39 is 54.2 Å². The lowest BCUT2D eigenvalue weighted by molar-refractivity contribution is -0.150. The van der Waals surface area contributed by atoms with Crippen molar-refractivity contribution in [2.24, 2.45) is 0 Å². The zero-order valence-corrected chi connectivity index (χ0v) is 18.6. The molecule has 4 rings (SSSR count). The van der Waals surface area contributed by atoms with Crippen molar-refractivity contribution in [2.75, 3.05) is 39.5 Å². The maximum absolute atomic E-state index is 15.6. The van der Waals surface area contributed by atoms with E-state index in [1.807, 2.05) is 0 Å². The van der Waals surface area contributed by atoms with Crippen molar-refractivity contribution in [2.45, 2.75) is 25.1 Å². The average Bonchev–Trinajstić information content (AvgIpc) is 3.18. The molecule has 0 amide bonds. The number of halogens is 7. The van der Waals surface area contributed by atoms with Gasteiger partial charge in [-0.3, -0.25) is 9.29 Å². The van der Waals surface area contributed by atoms with Gasteiger partial charge in [-0.15, -0.1) is 0 Å². The third kappa shape index (κ3) is 5.40. The Kier molecular flexibility index (Phi) is 7.56. The number of hydrogen-bond donors (Lipinski definition) is 2. The van der Waals surface area contributed by atoms with Crippen molar-refractivity contribution >= 4 is 10.9 Å². The second kappa shape index (κ2) is 10.4. The Morgan fingerprint density at radius 2 is 1.86 bits per heavy atom. The van der Waals surface area contributed by atoms with Crippen LogP contribution in [0.1, 0.15) is 29.3 Å². The van der Waals surface area contributed by atoms with Crippen LogP contribution in [0.2, 0.25) is 0 Å². The molecule has 35 heavy (non-hydrogen) atoms. The molecule has 4 nitrogen and oxygen atoms in total. The SMILES string of the molecule is FCCCNCCOc1cc(F)c(F)c(C2c3[nH]c4ccccc4c3CCN2CC(F)(F)F)c1F. The quantitative estimate of drug-likeness (QED) is 0.233. The van der Waals surface area contributed by atoms with Crippen LogP contribution in [-0.4, -0.2) is 55.5 Å². The van der Waals surface area contributed by atoms with E-state index in [1.54, 1.807) is 24.3 Å². The molecule has 1 aliphatic heterocycles. The number of rotatable bonds is 9. The highest BCUT2D eigenvalue weighted by Crippen LogP contribution is 2.43. The summed E-state index contributed by atoms with van der Waals surface area (Å²) in [5.41, 5.74) is 0.571. The Morgan fingerprint density at radius 3 is 2.60 bits per heavy atom. The Balaban J connectivity index is 1.75. The van der Waals surface area contributed by atoms with E-state index in [2.05, 4.69) is 10.3 Å². The van der Waals surface area contributed by atoms with Gasteiger partial charge in [-0.2, -0.15) is 13.2 Å². The molecule has 0 spiro atoms. The molecule has 1 aromatic heterocycles. The summed E-state index contributed by atoms with van der Waals surface area (Å²) in [5, 5.41) is 3.58. The van der Waals surface area contributed by atoms with Gasteiger partial charge < -0.3 is 15.0 Å². The Bertz CT molecular complexity index is 1180. The smallest absolute Gasteiger partial charge is 0.401 e. The summed E-state index contributed by atoms with van der Waals surface area (Å²) >= 11 is 0. The molecule has 2 heterocycles. The minimum Gasteiger partial charge on any atom is -0.489 e. The molecule has 2 N–H and O–H groups in total. The van der Waals surface area contributed by atoms with Crippen LogP contribution in [0.5, 0.6) is 5.75 Å². The molecular formula is C24H24F7N3O. The number of hydrogen-bond acceptors (Lipinski definition) is 3. The molecule has 3 aromatic rings. The van der Waals surface area contributed by atoms with Crippen LogP contribution >= 0.6 is 0 Å². The molecule has 1 unspecified atom stereocenters. The normalized spacial score (nSPS) is 16.6. The predicted molar refractivity (Wildman–Crippen MR) is 117 cm³/mol. The molecule has 190 valence electrons. The van der Waals surface area contributed by atoms with Gasteiger partial charge in [-0.25, -0.2) is 13.2 Å². The average molecular weight is 503 g/mol. The molecule has 0 saturated carbocycles. The summed E-state index contributed by atoms with van der Waals surface area (Å²) in [4.78, 5) is 3.89. The van der Waals surface area contributed by atoms with Crippen LogP contribution in [0.4, 0.5) is 30.7 Å². The third-order valence-electron chi connectivity index (χ3n) is 5.97. The highest BCUT2D eigenvalue weighted by molar-refractivity contribution is 5.85. The van der Waals surface area contributed by atoms with Gasteiger partial charge in [0.2, 0.25) is 0 Å². The van der Waals surface area contributed by atoms with E-state index in [0.717, 1.165) is 10.3 Å². The van der Waals surface area contributed by atoms with Crippen molar-refractivity contribution in [3.05, 3.63) is 64.6 Å². The number of aromatic nitrogens is 1. The van der Waals surface area contributed by atoms with Crippen LogP contribution in [0.25, 0.3) is 10.9 Å². The number of ether oxygens (including phenoxy) is 1. The molecule has 0 aliphatic carbocycles. The molecule has 1 aliphatic rings. The number of fused-ring (bicyclic) bond motifs is 3. The van der Waals surface area contributed by atoms with Gasteiger partial charge >= 0.3 is 6.18 Å². The standard InChI is InChI=1S/C24H24F7N3O/c25-7-3-8-32-9-11-35-18-12-16(26)20(27)19(21(18)28)23-22-15(6-10-34(23)13-24(29,30)31)14-4-1-2-5-17(14)33-22/h1-2,4-5,12,23,32-33H,3,6-11,13H2. The van der Waals surface area contributed by atoms with Gasteiger partial charge in [0.05, 0.1) is 24.8 Å². The van der Waals surface area contributed by atoms with Crippen molar-refractivity contribution in [3.8, 4) is 5.75 Å². The van der Waals surface area contributed by atoms with Gasteiger partial charge in [0.25, 0.3) is 0 Å². The maximum Gasteiger partial charge on any atom is 0.401 e. The monoisotopic (exact) mass is 503 g/mol. The molecule has 0 bridgehead atoms. The molecule has 11 heteroatoms. The number of aromatic amines is 1. The van der Waals surface area contributed by atoms with Crippen LogP contribution in [0.3, 0.4) is 0 Å². The maximum atomic E-state index is 15.6. The fourth-order valence-corrected chi connectivity index (χ4v) is 4.51. The summed E-state index contributed by atoms with van der Waals surface area (Å²) < 4.78 is 103. The number of alkyl halides is 4. The lowest BCUT2D eigenvalue weighted by Crippen LogP contribution is -2.42. The van der Waals surface area contributed by atoms with Crippen molar-refractivity contribution in [3.63, 3.8) is 0 Å². The number of nitrogens with one attached hydrogen (secondary N) is 2. The summed E-state index contributed by atoms with van der Waals surface area (Å²) in [7, 11) is 0. The van der Waals surface area contributed by atoms with Crippen LogP contribution in [0.15, 0.2) is 30.3 Å². The lowest BCUT2D eigenvalue weighted by atomic mass is 9.91. The van der Waals surface area contributed by atoms with Gasteiger partial charge in [0, 0.05) is 35.8 Å². The summed E-state index contributed by atoms with van der Waals surface area (Å²) in [6.45, 7) is -1.69. The van der Waals surface area contributed by atoms with E-state index in [9.17, 15) is 22.0 Å². The third-order valence-corrected chi connectivity index (χ3v) is 5.97. The highest BCUT2D eigenvalue weighted by Gasteiger charge is 2.42. The molecule has 0 fully saturated rings. The first kappa shape index (κ1) is 25.3. The Labute approximate surface area is 197 Å². The minimum atomic E-state index is -4.65. The van der Waals surface area contributed by atoms with E-state index in [0.29, 0.717) is 23.7 Å². The molecule has 0 radical (unpaired) electrons. The summed E-state index contributed by atoms with van der Waals surface area (Å²) in [6.07, 6.45) is -4.15. The lowest BCUT2D eigenvalue weighted by Gasteiger charge is -2.37. The first-order chi connectivity index (χ1) is 16.7. The van der Waals surface area contributed by atoms with Crippen LogP contribution in [0, 0.1) is 17.5 Å². The van der Waals surface area contributed by atoms with Gasteiger partial charge in [0.15, 0.2) is 23.2 Å². The highest BCUT2D eigenvalue weighted by atomic mass is 19.4. The predicted octanol–water partition coefficient (Wildman–Crippen LogP) is 5.42. The topological polar surface area (TPSA) is 40.3 Å². The van der Waals surface area contributed by atoms with Crippen LogP contribution < -0.4 is 10.1 Å². The molecule has 0 saturated heterocycles. The van der Waals surface area contributed by atoms with Gasteiger partial charge in [-0.1, -0.05) is 18.2 Å². The number of nitrogens with zero attached hydrogens (tertiary/aromatic N) is 1. The zero-order valence-electron chi connectivity index (χ0n) is 18.6.